The number of hydrogen-bond donors (Lipinski definition) is 1. The van der Waals surface area contributed by atoms with E-state index in [9.17, 15) is 4.79 Å². The number of benzene rings is 2. The molecule has 172 valence electrons. The fourth-order valence-corrected chi connectivity index (χ4v) is 3.50. The summed E-state index contributed by atoms with van der Waals surface area (Å²) in [5.41, 5.74) is 3.35. The van der Waals surface area contributed by atoms with Gasteiger partial charge in [-0.15, -0.1) is 0 Å². The molecule has 1 aliphatic rings. The molecule has 4 rings (SSSR count). The molecule has 8 nitrogen and oxygen atoms in total. The molecule has 0 saturated carbocycles. The van der Waals surface area contributed by atoms with Crippen molar-refractivity contribution in [3.05, 3.63) is 71.9 Å². The van der Waals surface area contributed by atoms with Crippen molar-refractivity contribution < 1.29 is 19.0 Å². The van der Waals surface area contributed by atoms with Gasteiger partial charge < -0.3 is 19.5 Å². The second-order valence-electron chi connectivity index (χ2n) is 7.63. The third-order valence-electron chi connectivity index (χ3n) is 5.41. The van der Waals surface area contributed by atoms with Crippen molar-refractivity contribution in [3.8, 4) is 17.0 Å². The first kappa shape index (κ1) is 22.7. The molecular formula is C25H28N4O4. The Morgan fingerprint density at radius 1 is 1.06 bits per heavy atom. The number of nitrogens with one attached hydrogen (secondary N) is 1. The van der Waals surface area contributed by atoms with Crippen LogP contribution in [0, 0.1) is 0 Å². The van der Waals surface area contributed by atoms with E-state index < -0.39 is 0 Å². The van der Waals surface area contributed by atoms with Gasteiger partial charge in [-0.25, -0.2) is 14.8 Å². The number of carbonyl (C=O) groups is 1. The Bertz CT molecular complexity index is 1040. The lowest BCUT2D eigenvalue weighted by atomic mass is 10.1. The standard InChI is InChI=1S/C25H28N4O4/c1-31-24(30)21-4-2-19(3-5-21)18-27-25-26-11-10-23(28-25)20-6-8-22(9-7-20)33-17-14-29-12-15-32-16-13-29/h2-11H,12-18H2,1H3,(H,26,27,28). The van der Waals surface area contributed by atoms with Gasteiger partial charge in [0.25, 0.3) is 0 Å². The second-order valence-corrected chi connectivity index (χ2v) is 7.63. The number of hydrogen-bond acceptors (Lipinski definition) is 8. The van der Waals surface area contributed by atoms with Crippen molar-refractivity contribution >= 4 is 11.9 Å². The molecule has 1 aromatic heterocycles. The lowest BCUT2D eigenvalue weighted by Gasteiger charge is -2.26. The highest BCUT2D eigenvalue weighted by Crippen LogP contribution is 2.21. The molecule has 1 aliphatic heterocycles. The van der Waals surface area contributed by atoms with Crippen LogP contribution in [-0.4, -0.2) is 67.4 Å². The smallest absolute Gasteiger partial charge is 0.337 e. The normalized spacial score (nSPS) is 14.0. The van der Waals surface area contributed by atoms with Gasteiger partial charge in [0, 0.05) is 37.9 Å². The van der Waals surface area contributed by atoms with Crippen molar-refractivity contribution in [1.29, 1.82) is 0 Å². The third kappa shape index (κ3) is 6.50. The van der Waals surface area contributed by atoms with Crippen LogP contribution in [0.1, 0.15) is 15.9 Å². The summed E-state index contributed by atoms with van der Waals surface area (Å²) in [5.74, 6) is 1.03. The van der Waals surface area contributed by atoms with Crippen LogP contribution < -0.4 is 10.1 Å². The fourth-order valence-electron chi connectivity index (χ4n) is 3.50. The van der Waals surface area contributed by atoms with Gasteiger partial charge in [-0.05, 0) is 48.0 Å². The number of aromatic nitrogens is 2. The van der Waals surface area contributed by atoms with E-state index in [0.717, 1.165) is 55.4 Å². The Labute approximate surface area is 193 Å². The Balaban J connectivity index is 1.30. The van der Waals surface area contributed by atoms with E-state index in [1.54, 1.807) is 18.3 Å². The first-order valence-electron chi connectivity index (χ1n) is 11.0. The average molecular weight is 449 g/mol. The molecule has 33 heavy (non-hydrogen) atoms. The maximum Gasteiger partial charge on any atom is 0.337 e. The molecule has 8 heteroatoms. The molecule has 3 aromatic rings. The molecule has 0 radical (unpaired) electrons. The molecule has 1 saturated heterocycles. The molecule has 0 aliphatic carbocycles. The summed E-state index contributed by atoms with van der Waals surface area (Å²) >= 11 is 0. The average Bonchev–Trinajstić information content (AvgIpc) is 2.88. The zero-order chi connectivity index (χ0) is 22.9. The summed E-state index contributed by atoms with van der Waals surface area (Å²) in [7, 11) is 1.37. The molecule has 0 amide bonds. The highest BCUT2D eigenvalue weighted by atomic mass is 16.5. The number of esters is 1. The number of morpholine rings is 1. The van der Waals surface area contributed by atoms with E-state index in [1.807, 2.05) is 42.5 Å². The van der Waals surface area contributed by atoms with E-state index >= 15 is 0 Å². The first-order valence-corrected chi connectivity index (χ1v) is 11.0. The molecule has 1 fully saturated rings. The van der Waals surface area contributed by atoms with E-state index in [4.69, 9.17) is 14.2 Å². The van der Waals surface area contributed by atoms with Crippen molar-refractivity contribution in [2.75, 3.05) is 51.9 Å². The lowest BCUT2D eigenvalue weighted by Crippen LogP contribution is -2.38. The van der Waals surface area contributed by atoms with Crippen LogP contribution in [0.15, 0.2) is 60.8 Å². The van der Waals surface area contributed by atoms with Gasteiger partial charge in [0.2, 0.25) is 5.95 Å². The van der Waals surface area contributed by atoms with Gasteiger partial charge in [0.1, 0.15) is 12.4 Å². The van der Waals surface area contributed by atoms with E-state index in [-0.39, 0.29) is 5.97 Å². The Morgan fingerprint density at radius 2 is 1.82 bits per heavy atom. The van der Waals surface area contributed by atoms with Crippen LogP contribution in [0.2, 0.25) is 0 Å². The van der Waals surface area contributed by atoms with Crippen molar-refractivity contribution in [2.45, 2.75) is 6.54 Å². The minimum Gasteiger partial charge on any atom is -0.492 e. The highest BCUT2D eigenvalue weighted by molar-refractivity contribution is 5.89. The van der Waals surface area contributed by atoms with Crippen LogP contribution in [0.5, 0.6) is 5.75 Å². The summed E-state index contributed by atoms with van der Waals surface area (Å²) < 4.78 is 16.0. The molecule has 0 spiro atoms. The van der Waals surface area contributed by atoms with Crippen LogP contribution in [0.25, 0.3) is 11.3 Å². The largest absolute Gasteiger partial charge is 0.492 e. The molecule has 0 bridgehead atoms. The van der Waals surface area contributed by atoms with E-state index in [0.29, 0.717) is 24.7 Å². The Hall–Kier alpha value is -3.49. The van der Waals surface area contributed by atoms with Gasteiger partial charge in [0.05, 0.1) is 31.6 Å². The Kier molecular flexibility index (Phi) is 7.84. The molecule has 1 N–H and O–H groups in total. The SMILES string of the molecule is COC(=O)c1ccc(CNc2nccc(-c3ccc(OCCN4CCOCC4)cc3)n2)cc1. The molecular weight excluding hydrogens is 420 g/mol. The minimum absolute atomic E-state index is 0.348. The number of methoxy groups -OCH3 is 1. The number of carbonyl (C=O) groups excluding carboxylic acids is 1. The zero-order valence-electron chi connectivity index (χ0n) is 18.7. The van der Waals surface area contributed by atoms with Crippen LogP contribution in [0.3, 0.4) is 0 Å². The van der Waals surface area contributed by atoms with Gasteiger partial charge in [0.15, 0.2) is 0 Å². The van der Waals surface area contributed by atoms with Crippen LogP contribution >= 0.6 is 0 Å². The summed E-state index contributed by atoms with van der Waals surface area (Å²) in [6, 6.07) is 17.0. The van der Waals surface area contributed by atoms with Gasteiger partial charge in [-0.1, -0.05) is 12.1 Å². The monoisotopic (exact) mass is 448 g/mol. The van der Waals surface area contributed by atoms with Gasteiger partial charge in [-0.2, -0.15) is 0 Å². The van der Waals surface area contributed by atoms with Crippen LogP contribution in [0.4, 0.5) is 5.95 Å². The van der Waals surface area contributed by atoms with Gasteiger partial charge in [-0.3, -0.25) is 4.90 Å². The topological polar surface area (TPSA) is 85.8 Å². The third-order valence-corrected chi connectivity index (χ3v) is 5.41. The van der Waals surface area contributed by atoms with Crippen LogP contribution in [-0.2, 0) is 16.0 Å². The van der Waals surface area contributed by atoms with Gasteiger partial charge >= 0.3 is 5.97 Å². The first-order chi connectivity index (χ1) is 16.2. The lowest BCUT2D eigenvalue weighted by molar-refractivity contribution is 0.0322. The zero-order valence-corrected chi connectivity index (χ0v) is 18.7. The molecule has 0 atom stereocenters. The summed E-state index contributed by atoms with van der Waals surface area (Å²) in [5, 5.41) is 3.23. The number of rotatable bonds is 9. The predicted octanol–water partition coefficient (Wildman–Crippen LogP) is 3.25. The number of anilines is 1. The van der Waals surface area contributed by atoms with E-state index in [1.165, 1.54) is 7.11 Å². The molecule has 2 aromatic carbocycles. The van der Waals surface area contributed by atoms with E-state index in [2.05, 4.69) is 20.2 Å². The minimum atomic E-state index is -0.348. The second kappa shape index (κ2) is 11.4. The summed E-state index contributed by atoms with van der Waals surface area (Å²) in [6.07, 6.45) is 1.73. The highest BCUT2D eigenvalue weighted by Gasteiger charge is 2.10. The van der Waals surface area contributed by atoms with Crippen molar-refractivity contribution in [2.24, 2.45) is 0 Å². The Morgan fingerprint density at radius 3 is 2.55 bits per heavy atom. The molecule has 0 unspecified atom stereocenters. The molecule has 2 heterocycles. The summed E-state index contributed by atoms with van der Waals surface area (Å²) in [4.78, 5) is 22.8. The van der Waals surface area contributed by atoms with Crippen molar-refractivity contribution in [1.82, 2.24) is 14.9 Å². The van der Waals surface area contributed by atoms with Crippen molar-refractivity contribution in [3.63, 3.8) is 0 Å². The maximum atomic E-state index is 11.5. The number of nitrogens with zero attached hydrogens (tertiary/aromatic N) is 3. The summed E-state index contributed by atoms with van der Waals surface area (Å²) in [6.45, 7) is 5.62. The fraction of sp³-hybridized carbons (Fsp3) is 0.320. The maximum absolute atomic E-state index is 11.5. The number of ether oxygens (including phenoxy) is 3. The quantitative estimate of drug-likeness (QED) is 0.500. The predicted molar refractivity (Wildman–Crippen MR) is 125 cm³/mol.